The number of amides is 1. The summed E-state index contributed by atoms with van der Waals surface area (Å²) in [6.45, 7) is 4.07. The molecule has 1 aromatic carbocycles. The standard InChI is InChI=1S/C13H12N4OS/c1-7-8(2)15-11-4-3-9(5-10(7)11)13(18)16-12-6-14-17-19-12/h3-6,15H,1-2H3,(H,16,18). The van der Waals surface area contributed by atoms with Crippen LogP contribution in [-0.2, 0) is 0 Å². The lowest BCUT2D eigenvalue weighted by Gasteiger charge is -2.02. The van der Waals surface area contributed by atoms with Gasteiger partial charge in [-0.05, 0) is 37.6 Å². The molecule has 0 spiro atoms. The summed E-state index contributed by atoms with van der Waals surface area (Å²) in [5, 5.41) is 8.18. The van der Waals surface area contributed by atoms with Crippen molar-refractivity contribution in [3.05, 3.63) is 41.2 Å². The van der Waals surface area contributed by atoms with Gasteiger partial charge in [0.1, 0.15) is 5.00 Å². The van der Waals surface area contributed by atoms with E-state index in [1.54, 1.807) is 0 Å². The molecule has 6 heteroatoms. The molecule has 19 heavy (non-hydrogen) atoms. The van der Waals surface area contributed by atoms with E-state index in [4.69, 9.17) is 0 Å². The third kappa shape index (κ3) is 2.10. The molecule has 0 aliphatic carbocycles. The van der Waals surface area contributed by atoms with E-state index < -0.39 is 0 Å². The predicted molar refractivity (Wildman–Crippen MR) is 75.6 cm³/mol. The van der Waals surface area contributed by atoms with Gasteiger partial charge in [-0.15, -0.1) is 5.10 Å². The Bertz CT molecular complexity index is 745. The van der Waals surface area contributed by atoms with E-state index in [1.165, 1.54) is 11.8 Å². The second kappa shape index (κ2) is 4.47. The molecule has 0 unspecified atom stereocenters. The van der Waals surface area contributed by atoms with Crippen molar-refractivity contribution in [2.75, 3.05) is 5.32 Å². The van der Waals surface area contributed by atoms with Crippen molar-refractivity contribution in [1.29, 1.82) is 0 Å². The van der Waals surface area contributed by atoms with Crippen LogP contribution < -0.4 is 5.32 Å². The van der Waals surface area contributed by atoms with Crippen LogP contribution in [0, 0.1) is 13.8 Å². The van der Waals surface area contributed by atoms with Crippen molar-refractivity contribution in [3.63, 3.8) is 0 Å². The lowest BCUT2D eigenvalue weighted by molar-refractivity contribution is 0.102. The maximum atomic E-state index is 12.1. The molecule has 0 saturated heterocycles. The van der Waals surface area contributed by atoms with Gasteiger partial charge in [-0.1, -0.05) is 4.49 Å². The Morgan fingerprint density at radius 1 is 1.37 bits per heavy atom. The molecule has 96 valence electrons. The number of carbonyl (C=O) groups excluding carboxylic acids is 1. The minimum absolute atomic E-state index is 0.147. The molecule has 0 saturated carbocycles. The third-order valence-electron chi connectivity index (χ3n) is 3.17. The van der Waals surface area contributed by atoms with Crippen LogP contribution in [0.15, 0.2) is 24.4 Å². The van der Waals surface area contributed by atoms with Gasteiger partial charge in [0.25, 0.3) is 5.91 Å². The van der Waals surface area contributed by atoms with Gasteiger partial charge < -0.3 is 10.3 Å². The zero-order valence-corrected chi connectivity index (χ0v) is 11.3. The number of aryl methyl sites for hydroxylation is 2. The zero-order valence-electron chi connectivity index (χ0n) is 10.5. The second-order valence-corrected chi connectivity index (χ2v) is 5.16. The molecule has 5 nitrogen and oxygen atoms in total. The first-order valence-corrected chi connectivity index (χ1v) is 6.60. The number of carbonyl (C=O) groups is 1. The Morgan fingerprint density at radius 3 is 2.95 bits per heavy atom. The maximum Gasteiger partial charge on any atom is 0.256 e. The molecule has 0 radical (unpaired) electrons. The van der Waals surface area contributed by atoms with Gasteiger partial charge in [-0.25, -0.2) is 0 Å². The van der Waals surface area contributed by atoms with Crippen LogP contribution in [0.2, 0.25) is 0 Å². The Kier molecular flexibility index (Phi) is 2.79. The van der Waals surface area contributed by atoms with Crippen molar-refractivity contribution < 1.29 is 4.79 Å². The highest BCUT2D eigenvalue weighted by atomic mass is 32.1. The number of benzene rings is 1. The fourth-order valence-corrected chi connectivity index (χ4v) is 2.42. The average molecular weight is 272 g/mol. The maximum absolute atomic E-state index is 12.1. The first kappa shape index (κ1) is 11.9. The predicted octanol–water partition coefficient (Wildman–Crippen LogP) is 2.89. The van der Waals surface area contributed by atoms with E-state index in [2.05, 4.69) is 19.9 Å². The first-order chi connectivity index (χ1) is 9.15. The summed E-state index contributed by atoms with van der Waals surface area (Å²) in [5.74, 6) is -0.147. The third-order valence-corrected chi connectivity index (χ3v) is 3.75. The number of aromatic amines is 1. The minimum Gasteiger partial charge on any atom is -0.358 e. The summed E-state index contributed by atoms with van der Waals surface area (Å²) >= 11 is 1.16. The molecule has 0 fully saturated rings. The highest BCUT2D eigenvalue weighted by Gasteiger charge is 2.10. The van der Waals surface area contributed by atoms with Gasteiger partial charge in [-0.2, -0.15) is 0 Å². The number of rotatable bonds is 2. The van der Waals surface area contributed by atoms with Crippen molar-refractivity contribution in [1.82, 2.24) is 14.6 Å². The molecule has 2 aromatic heterocycles. The van der Waals surface area contributed by atoms with Crippen LogP contribution in [-0.4, -0.2) is 20.5 Å². The summed E-state index contributed by atoms with van der Waals surface area (Å²) in [5.41, 5.74) is 3.97. The Hall–Kier alpha value is -2.21. The summed E-state index contributed by atoms with van der Waals surface area (Å²) in [6, 6.07) is 5.63. The summed E-state index contributed by atoms with van der Waals surface area (Å²) < 4.78 is 3.71. The van der Waals surface area contributed by atoms with Crippen LogP contribution in [0.1, 0.15) is 21.6 Å². The number of hydrogen-bond donors (Lipinski definition) is 2. The van der Waals surface area contributed by atoms with E-state index in [-0.39, 0.29) is 5.91 Å². The summed E-state index contributed by atoms with van der Waals surface area (Å²) in [6.07, 6.45) is 1.53. The van der Waals surface area contributed by atoms with Crippen LogP contribution in [0.25, 0.3) is 10.9 Å². The summed E-state index contributed by atoms with van der Waals surface area (Å²) in [7, 11) is 0. The van der Waals surface area contributed by atoms with E-state index in [0.29, 0.717) is 10.6 Å². The van der Waals surface area contributed by atoms with E-state index in [1.807, 2.05) is 32.0 Å². The van der Waals surface area contributed by atoms with Gasteiger partial charge in [0.15, 0.2) is 0 Å². The van der Waals surface area contributed by atoms with E-state index in [9.17, 15) is 4.79 Å². The number of anilines is 1. The minimum atomic E-state index is -0.147. The molecule has 3 rings (SSSR count). The van der Waals surface area contributed by atoms with Gasteiger partial charge >= 0.3 is 0 Å². The van der Waals surface area contributed by atoms with Crippen molar-refractivity contribution in [3.8, 4) is 0 Å². The largest absolute Gasteiger partial charge is 0.358 e. The second-order valence-electron chi connectivity index (χ2n) is 4.37. The highest BCUT2D eigenvalue weighted by molar-refractivity contribution is 7.10. The molecular weight excluding hydrogens is 260 g/mol. The number of aromatic nitrogens is 3. The fourth-order valence-electron chi connectivity index (χ4n) is 2.01. The number of nitrogens with one attached hydrogen (secondary N) is 2. The van der Waals surface area contributed by atoms with E-state index >= 15 is 0 Å². The van der Waals surface area contributed by atoms with E-state index in [0.717, 1.165) is 28.1 Å². The summed E-state index contributed by atoms with van der Waals surface area (Å²) in [4.78, 5) is 15.4. The number of H-pyrrole nitrogens is 1. The average Bonchev–Trinajstić information content (AvgIpc) is 2.99. The lowest BCUT2D eigenvalue weighted by atomic mass is 10.1. The first-order valence-electron chi connectivity index (χ1n) is 5.83. The molecule has 0 aliphatic heterocycles. The lowest BCUT2D eigenvalue weighted by Crippen LogP contribution is -2.10. The molecule has 3 aromatic rings. The topological polar surface area (TPSA) is 70.7 Å². The number of hydrogen-bond acceptors (Lipinski definition) is 4. The molecule has 0 aliphatic rings. The van der Waals surface area contributed by atoms with Crippen LogP contribution >= 0.6 is 11.5 Å². The van der Waals surface area contributed by atoms with Crippen molar-refractivity contribution in [2.24, 2.45) is 0 Å². The molecule has 0 bridgehead atoms. The highest BCUT2D eigenvalue weighted by Crippen LogP contribution is 2.23. The molecular formula is C13H12N4OS. The number of fused-ring (bicyclic) bond motifs is 1. The fraction of sp³-hybridized carbons (Fsp3) is 0.154. The zero-order chi connectivity index (χ0) is 13.4. The monoisotopic (exact) mass is 272 g/mol. The molecule has 0 atom stereocenters. The smallest absolute Gasteiger partial charge is 0.256 e. The van der Waals surface area contributed by atoms with Crippen molar-refractivity contribution in [2.45, 2.75) is 13.8 Å². The van der Waals surface area contributed by atoms with Gasteiger partial charge in [0.2, 0.25) is 0 Å². The Morgan fingerprint density at radius 2 is 2.21 bits per heavy atom. The van der Waals surface area contributed by atoms with Crippen LogP contribution in [0.3, 0.4) is 0 Å². The van der Waals surface area contributed by atoms with Crippen LogP contribution in [0.5, 0.6) is 0 Å². The molecule has 2 N–H and O–H groups in total. The molecule has 2 heterocycles. The van der Waals surface area contributed by atoms with Gasteiger partial charge in [-0.3, -0.25) is 4.79 Å². The number of nitrogens with zero attached hydrogens (tertiary/aromatic N) is 2. The van der Waals surface area contributed by atoms with Gasteiger partial charge in [0.05, 0.1) is 6.20 Å². The normalized spacial score (nSPS) is 10.8. The Labute approximate surface area is 113 Å². The SMILES string of the molecule is Cc1[nH]c2ccc(C(=O)Nc3cnns3)cc2c1C. The quantitative estimate of drug-likeness (QED) is 0.753. The van der Waals surface area contributed by atoms with Gasteiger partial charge in [0, 0.05) is 33.7 Å². The Balaban J connectivity index is 1.96. The van der Waals surface area contributed by atoms with Crippen molar-refractivity contribution >= 4 is 33.3 Å². The van der Waals surface area contributed by atoms with Crippen LogP contribution in [0.4, 0.5) is 5.00 Å². The molecule has 1 amide bonds.